The van der Waals surface area contributed by atoms with Gasteiger partial charge in [-0.05, 0) is 50.4 Å². The lowest BCUT2D eigenvalue weighted by atomic mass is 9.89. The fraction of sp³-hybridized carbons (Fsp3) is 0.520. The molecule has 0 spiro atoms. The predicted octanol–water partition coefficient (Wildman–Crippen LogP) is 3.40. The number of anilines is 1. The van der Waals surface area contributed by atoms with Gasteiger partial charge in [-0.1, -0.05) is 0 Å². The van der Waals surface area contributed by atoms with Crippen molar-refractivity contribution >= 4 is 17.4 Å². The van der Waals surface area contributed by atoms with Gasteiger partial charge in [0.15, 0.2) is 11.4 Å². The molecular formula is C25H28F2N6O2. The first-order valence-electron chi connectivity index (χ1n) is 12.3. The van der Waals surface area contributed by atoms with E-state index in [1.807, 2.05) is 0 Å². The molecule has 1 aromatic carbocycles. The van der Waals surface area contributed by atoms with Crippen LogP contribution in [0.5, 0.6) is 5.75 Å². The monoisotopic (exact) mass is 482 g/mol. The Labute approximate surface area is 201 Å². The molecule has 2 aromatic heterocycles. The van der Waals surface area contributed by atoms with Crippen molar-refractivity contribution in [1.82, 2.24) is 19.6 Å². The number of fused-ring (bicyclic) bond motifs is 1. The number of nitrogens with two attached hydrogens (primary N) is 1. The van der Waals surface area contributed by atoms with Crippen molar-refractivity contribution in [3.63, 3.8) is 0 Å². The van der Waals surface area contributed by atoms with Gasteiger partial charge in [0.1, 0.15) is 17.4 Å². The van der Waals surface area contributed by atoms with E-state index in [0.717, 1.165) is 56.1 Å². The van der Waals surface area contributed by atoms with Crippen molar-refractivity contribution in [2.75, 3.05) is 24.6 Å². The lowest BCUT2D eigenvalue weighted by Gasteiger charge is -2.32. The molecule has 2 saturated carbocycles. The topological polar surface area (TPSA) is 98.6 Å². The Morgan fingerprint density at radius 2 is 1.91 bits per heavy atom. The Hall–Kier alpha value is -3.14. The molecule has 0 amide bonds. The standard InChI is InChI=1S/C25H28F2N6O2/c26-19-11-17(12-20(27)22(19)23(34)16-1-2-16)35-10-5-25(28)13-18(25)15-3-7-32(8-4-15)24-30-21-14-29-6-9-33(21)31-24/h6,9,11-12,14-16,18H,1-5,7-8,10,13,28H2. The number of nitrogens with zero attached hydrogens (tertiary/aromatic N) is 5. The zero-order valence-electron chi connectivity index (χ0n) is 19.4. The average Bonchev–Trinajstić information content (AvgIpc) is 3.75. The predicted molar refractivity (Wildman–Crippen MR) is 124 cm³/mol. The van der Waals surface area contributed by atoms with Gasteiger partial charge in [-0.2, -0.15) is 4.98 Å². The first-order chi connectivity index (χ1) is 16.9. The molecule has 184 valence electrons. The molecule has 0 radical (unpaired) electrons. The van der Waals surface area contributed by atoms with Crippen LogP contribution in [0.1, 0.15) is 48.9 Å². The Balaban J connectivity index is 0.998. The van der Waals surface area contributed by atoms with Crippen molar-refractivity contribution in [1.29, 1.82) is 0 Å². The minimum Gasteiger partial charge on any atom is -0.493 e. The molecule has 3 heterocycles. The molecule has 0 bridgehead atoms. The molecule has 2 N–H and O–H groups in total. The van der Waals surface area contributed by atoms with Crippen LogP contribution in [-0.2, 0) is 0 Å². The van der Waals surface area contributed by atoms with E-state index in [-0.39, 0.29) is 23.8 Å². The van der Waals surface area contributed by atoms with Gasteiger partial charge in [0.25, 0.3) is 0 Å². The van der Waals surface area contributed by atoms with Crippen LogP contribution in [0.4, 0.5) is 14.7 Å². The van der Waals surface area contributed by atoms with E-state index < -0.39 is 23.0 Å². The van der Waals surface area contributed by atoms with Crippen LogP contribution in [0.3, 0.4) is 0 Å². The maximum Gasteiger partial charge on any atom is 0.245 e. The lowest BCUT2D eigenvalue weighted by molar-refractivity contribution is 0.0959. The van der Waals surface area contributed by atoms with Gasteiger partial charge < -0.3 is 15.4 Å². The van der Waals surface area contributed by atoms with Crippen molar-refractivity contribution in [2.24, 2.45) is 23.5 Å². The van der Waals surface area contributed by atoms with E-state index in [4.69, 9.17) is 10.5 Å². The molecule has 2 aliphatic carbocycles. The number of ketones is 1. The summed E-state index contributed by atoms with van der Waals surface area (Å²) in [5.74, 6) is -0.641. The fourth-order valence-corrected chi connectivity index (χ4v) is 5.42. The van der Waals surface area contributed by atoms with E-state index in [1.54, 1.807) is 23.1 Å². The maximum atomic E-state index is 14.4. The van der Waals surface area contributed by atoms with Crippen LogP contribution in [0.25, 0.3) is 5.65 Å². The molecule has 1 aliphatic heterocycles. The summed E-state index contributed by atoms with van der Waals surface area (Å²) in [6.07, 6.45) is 10.2. The molecule has 2 unspecified atom stereocenters. The van der Waals surface area contributed by atoms with Gasteiger partial charge in [0.05, 0.1) is 18.4 Å². The third-order valence-electron chi connectivity index (χ3n) is 7.75. The lowest BCUT2D eigenvalue weighted by Crippen LogP contribution is -2.38. The molecule has 3 aliphatic rings. The number of hydrogen-bond donors (Lipinski definition) is 1. The van der Waals surface area contributed by atoms with Crippen LogP contribution in [0, 0.1) is 29.4 Å². The minimum atomic E-state index is -0.855. The minimum absolute atomic E-state index is 0.0941. The fourth-order valence-electron chi connectivity index (χ4n) is 5.42. The van der Waals surface area contributed by atoms with E-state index in [0.29, 0.717) is 31.1 Å². The highest BCUT2D eigenvalue weighted by molar-refractivity contribution is 5.99. The molecule has 3 aromatic rings. The van der Waals surface area contributed by atoms with E-state index in [9.17, 15) is 13.6 Å². The number of rotatable bonds is 8. The third kappa shape index (κ3) is 4.35. The van der Waals surface area contributed by atoms with E-state index in [1.165, 1.54) is 0 Å². The summed E-state index contributed by atoms with van der Waals surface area (Å²) in [4.78, 5) is 22.9. The highest BCUT2D eigenvalue weighted by Crippen LogP contribution is 2.51. The van der Waals surface area contributed by atoms with Crippen LogP contribution in [0.2, 0.25) is 0 Å². The zero-order chi connectivity index (χ0) is 24.2. The first-order valence-corrected chi connectivity index (χ1v) is 12.3. The highest BCUT2D eigenvalue weighted by atomic mass is 19.1. The summed E-state index contributed by atoms with van der Waals surface area (Å²) in [5, 5.41) is 4.54. The molecule has 1 saturated heterocycles. The summed E-state index contributed by atoms with van der Waals surface area (Å²) in [6.45, 7) is 2.03. The van der Waals surface area contributed by atoms with Gasteiger partial charge in [-0.15, -0.1) is 5.10 Å². The number of carbonyl (C=O) groups is 1. The van der Waals surface area contributed by atoms with Crippen LogP contribution >= 0.6 is 0 Å². The van der Waals surface area contributed by atoms with Gasteiger partial charge in [0.2, 0.25) is 5.95 Å². The number of ether oxygens (including phenoxy) is 1. The van der Waals surface area contributed by atoms with Gasteiger partial charge in [-0.25, -0.2) is 13.3 Å². The summed E-state index contributed by atoms with van der Waals surface area (Å²) in [5.41, 5.74) is 6.61. The SMILES string of the molecule is NC1(CCOc2cc(F)c(C(=O)C3CC3)c(F)c2)CC1C1CCN(c2nc3cnccn3n2)CC1. The number of benzene rings is 1. The Kier molecular flexibility index (Phi) is 5.43. The van der Waals surface area contributed by atoms with Crippen molar-refractivity contribution < 1.29 is 18.3 Å². The summed E-state index contributed by atoms with van der Waals surface area (Å²) in [6, 6.07) is 2.21. The number of piperidine rings is 1. The molecule has 2 atom stereocenters. The second-order valence-electron chi connectivity index (χ2n) is 10.2. The number of halogens is 2. The maximum absolute atomic E-state index is 14.4. The van der Waals surface area contributed by atoms with Crippen molar-refractivity contribution in [2.45, 2.75) is 44.1 Å². The number of Topliss-reactive ketones (excluding diaryl/α,β-unsaturated/α-hetero) is 1. The molecule has 6 rings (SSSR count). The van der Waals surface area contributed by atoms with Gasteiger partial charge >= 0.3 is 0 Å². The Bertz CT molecular complexity index is 1210. The van der Waals surface area contributed by atoms with Crippen molar-refractivity contribution in [3.8, 4) is 5.75 Å². The molecular weight excluding hydrogens is 454 g/mol. The quantitative estimate of drug-likeness (QED) is 0.492. The average molecular weight is 483 g/mol. The third-order valence-corrected chi connectivity index (χ3v) is 7.75. The smallest absolute Gasteiger partial charge is 0.245 e. The van der Waals surface area contributed by atoms with Crippen LogP contribution < -0.4 is 15.4 Å². The first kappa shape index (κ1) is 22.3. The number of carbonyl (C=O) groups excluding carboxylic acids is 1. The molecule has 35 heavy (non-hydrogen) atoms. The highest BCUT2D eigenvalue weighted by Gasteiger charge is 2.54. The second-order valence-corrected chi connectivity index (χ2v) is 10.2. The van der Waals surface area contributed by atoms with Crippen molar-refractivity contribution in [3.05, 3.63) is 47.9 Å². The molecule has 10 heteroatoms. The molecule has 8 nitrogen and oxygen atoms in total. The van der Waals surface area contributed by atoms with Crippen LogP contribution in [0.15, 0.2) is 30.7 Å². The van der Waals surface area contributed by atoms with Gasteiger partial charge in [0, 0.05) is 49.1 Å². The normalized spacial score (nSPS) is 24.7. The zero-order valence-corrected chi connectivity index (χ0v) is 19.4. The summed E-state index contributed by atoms with van der Waals surface area (Å²) < 4.78 is 36.1. The summed E-state index contributed by atoms with van der Waals surface area (Å²) >= 11 is 0. The number of aromatic nitrogens is 4. The number of hydrogen-bond acceptors (Lipinski definition) is 7. The van der Waals surface area contributed by atoms with E-state index >= 15 is 0 Å². The summed E-state index contributed by atoms with van der Waals surface area (Å²) in [7, 11) is 0. The Morgan fingerprint density at radius 1 is 1.17 bits per heavy atom. The molecule has 3 fully saturated rings. The second kappa shape index (κ2) is 8.51. The Morgan fingerprint density at radius 3 is 2.60 bits per heavy atom. The largest absolute Gasteiger partial charge is 0.493 e. The van der Waals surface area contributed by atoms with Crippen LogP contribution in [-0.4, -0.2) is 50.6 Å². The van der Waals surface area contributed by atoms with E-state index in [2.05, 4.69) is 20.0 Å². The van der Waals surface area contributed by atoms with Gasteiger partial charge in [-0.3, -0.25) is 9.78 Å².